The predicted molar refractivity (Wildman–Crippen MR) is 50.5 cm³/mol. The van der Waals surface area contributed by atoms with Gasteiger partial charge in [0.2, 0.25) is 0 Å². The molecule has 2 N–H and O–H groups in total. The van der Waals surface area contributed by atoms with Crippen LogP contribution in [0.15, 0.2) is 18.2 Å². The van der Waals surface area contributed by atoms with Crippen LogP contribution in [-0.2, 0) is 0 Å². The fraction of sp³-hybridized carbons (Fsp3) is 0. The molecule has 0 fully saturated rings. The molecule has 0 saturated carbocycles. The van der Waals surface area contributed by atoms with Crippen molar-refractivity contribution in [2.24, 2.45) is 0 Å². The summed E-state index contributed by atoms with van der Waals surface area (Å²) in [7, 11) is 0. The molecule has 0 aliphatic heterocycles. The Balaban J connectivity index is 2.82. The molecule has 1 heterocycles. The van der Waals surface area contributed by atoms with Crippen molar-refractivity contribution in [1.82, 2.24) is 9.97 Å². The molecule has 56 valence electrons. The molecule has 1 aromatic heterocycles. The minimum absolute atomic E-state index is 0.262. The van der Waals surface area contributed by atoms with Gasteiger partial charge in [0.1, 0.15) is 5.75 Å². The van der Waals surface area contributed by atoms with Crippen LogP contribution in [0.4, 0.5) is 0 Å². The molecule has 0 spiro atoms. The molecule has 0 atom stereocenters. The second kappa shape index (κ2) is 2.37. The van der Waals surface area contributed by atoms with Crippen molar-refractivity contribution < 1.29 is 5.11 Å². The van der Waals surface area contributed by atoms with E-state index in [0.717, 1.165) is 14.9 Å². The Morgan fingerprint density at radius 2 is 2.27 bits per heavy atom. The number of aromatic nitrogens is 2. The van der Waals surface area contributed by atoms with Crippen LogP contribution >= 0.6 is 22.6 Å². The molecule has 4 heteroatoms. The number of phenols is 1. The Bertz CT molecular complexity index is 396. The molecule has 0 aliphatic rings. The molecule has 0 bridgehead atoms. The summed E-state index contributed by atoms with van der Waals surface area (Å²) in [6.07, 6.45) is 0. The smallest absolute Gasteiger partial charge is 0.169 e. The SMILES string of the molecule is Oc1ccc2nc(I)[nH]c2c1. The van der Waals surface area contributed by atoms with Gasteiger partial charge in [0, 0.05) is 6.07 Å². The molecule has 0 radical (unpaired) electrons. The van der Waals surface area contributed by atoms with Crippen LogP contribution in [0.2, 0.25) is 0 Å². The number of hydrogen-bond donors (Lipinski definition) is 2. The number of rotatable bonds is 0. The van der Waals surface area contributed by atoms with Crippen molar-refractivity contribution in [3.63, 3.8) is 0 Å². The first-order valence-electron chi connectivity index (χ1n) is 3.10. The fourth-order valence-corrected chi connectivity index (χ4v) is 1.52. The number of aromatic amines is 1. The van der Waals surface area contributed by atoms with Crippen molar-refractivity contribution in [3.05, 3.63) is 22.0 Å². The van der Waals surface area contributed by atoms with Crippen molar-refractivity contribution in [2.75, 3.05) is 0 Å². The van der Waals surface area contributed by atoms with Crippen LogP contribution < -0.4 is 0 Å². The number of hydrogen-bond acceptors (Lipinski definition) is 2. The van der Waals surface area contributed by atoms with Gasteiger partial charge in [-0.3, -0.25) is 0 Å². The van der Waals surface area contributed by atoms with Gasteiger partial charge in [-0.05, 0) is 34.7 Å². The van der Waals surface area contributed by atoms with E-state index in [0.29, 0.717) is 0 Å². The second-order valence-corrected chi connectivity index (χ2v) is 3.25. The lowest BCUT2D eigenvalue weighted by atomic mass is 10.3. The van der Waals surface area contributed by atoms with Gasteiger partial charge in [0.25, 0.3) is 0 Å². The van der Waals surface area contributed by atoms with Crippen LogP contribution in [0, 0.1) is 3.83 Å². The largest absolute Gasteiger partial charge is 0.508 e. The Kier molecular flexibility index (Phi) is 1.49. The van der Waals surface area contributed by atoms with E-state index in [9.17, 15) is 0 Å². The van der Waals surface area contributed by atoms with E-state index < -0.39 is 0 Å². The molecule has 0 amide bonds. The van der Waals surface area contributed by atoms with Crippen molar-refractivity contribution in [2.45, 2.75) is 0 Å². The highest BCUT2D eigenvalue weighted by molar-refractivity contribution is 14.1. The lowest BCUT2D eigenvalue weighted by Gasteiger charge is -1.88. The molecule has 11 heavy (non-hydrogen) atoms. The highest BCUT2D eigenvalue weighted by atomic mass is 127. The standard InChI is InChI=1S/C7H5IN2O/c8-7-9-5-2-1-4(11)3-6(5)10-7/h1-3,11H,(H,9,10). The summed E-state index contributed by atoms with van der Waals surface area (Å²) in [5.41, 5.74) is 1.75. The second-order valence-electron chi connectivity index (χ2n) is 2.23. The molecule has 3 nitrogen and oxygen atoms in total. The number of halogens is 1. The minimum atomic E-state index is 0.262. The number of phenolic OH excluding ortho intramolecular Hbond substituents is 1. The number of imidazole rings is 1. The van der Waals surface area contributed by atoms with E-state index in [1.807, 2.05) is 0 Å². The highest BCUT2D eigenvalue weighted by Gasteiger charge is 1.99. The molecular weight excluding hydrogens is 255 g/mol. The Morgan fingerprint density at radius 1 is 1.45 bits per heavy atom. The van der Waals surface area contributed by atoms with Crippen LogP contribution in [0.5, 0.6) is 5.75 Å². The van der Waals surface area contributed by atoms with Gasteiger partial charge in [0.15, 0.2) is 3.83 Å². The maximum Gasteiger partial charge on any atom is 0.169 e. The molecular formula is C7H5IN2O. The van der Waals surface area contributed by atoms with Crippen molar-refractivity contribution in [3.8, 4) is 5.75 Å². The monoisotopic (exact) mass is 260 g/mol. The third kappa shape index (κ3) is 1.18. The zero-order valence-electron chi connectivity index (χ0n) is 5.50. The maximum atomic E-state index is 9.09. The summed E-state index contributed by atoms with van der Waals surface area (Å²) in [4.78, 5) is 7.19. The van der Waals surface area contributed by atoms with E-state index >= 15 is 0 Å². The van der Waals surface area contributed by atoms with E-state index in [1.54, 1.807) is 18.2 Å². The summed E-state index contributed by atoms with van der Waals surface area (Å²) >= 11 is 2.10. The van der Waals surface area contributed by atoms with Gasteiger partial charge < -0.3 is 10.1 Å². The minimum Gasteiger partial charge on any atom is -0.508 e. The van der Waals surface area contributed by atoms with Gasteiger partial charge >= 0.3 is 0 Å². The molecule has 2 rings (SSSR count). The summed E-state index contributed by atoms with van der Waals surface area (Å²) in [5.74, 6) is 0.262. The van der Waals surface area contributed by atoms with E-state index in [2.05, 4.69) is 32.6 Å². The lowest BCUT2D eigenvalue weighted by Crippen LogP contribution is -1.67. The number of fused-ring (bicyclic) bond motifs is 1. The van der Waals surface area contributed by atoms with Crippen molar-refractivity contribution >= 4 is 33.6 Å². The van der Waals surface area contributed by atoms with Gasteiger partial charge in [-0.2, -0.15) is 0 Å². The van der Waals surface area contributed by atoms with Gasteiger partial charge in [-0.25, -0.2) is 4.98 Å². The van der Waals surface area contributed by atoms with Crippen LogP contribution in [0.1, 0.15) is 0 Å². The predicted octanol–water partition coefficient (Wildman–Crippen LogP) is 1.87. The Labute approximate surface area is 76.6 Å². The highest BCUT2D eigenvalue weighted by Crippen LogP contribution is 2.17. The third-order valence-corrected chi connectivity index (χ3v) is 1.95. The average Bonchev–Trinajstić information content (AvgIpc) is 2.27. The number of nitrogens with zero attached hydrogens (tertiary/aromatic N) is 1. The average molecular weight is 260 g/mol. The summed E-state index contributed by atoms with van der Waals surface area (Å²) < 4.78 is 0.836. The topological polar surface area (TPSA) is 48.9 Å². The maximum absolute atomic E-state index is 9.09. The molecule has 2 aromatic rings. The number of aromatic hydroxyl groups is 1. The Hall–Kier alpha value is -0.780. The summed E-state index contributed by atoms with van der Waals surface area (Å²) in [6, 6.07) is 5.06. The first-order valence-corrected chi connectivity index (χ1v) is 4.18. The van der Waals surface area contributed by atoms with Crippen LogP contribution in [0.25, 0.3) is 11.0 Å². The first-order chi connectivity index (χ1) is 5.25. The quantitative estimate of drug-likeness (QED) is 0.710. The number of nitrogens with one attached hydrogen (secondary N) is 1. The number of benzene rings is 1. The zero-order valence-corrected chi connectivity index (χ0v) is 7.66. The molecule has 0 aliphatic carbocycles. The van der Waals surface area contributed by atoms with Gasteiger partial charge in [-0.1, -0.05) is 0 Å². The van der Waals surface area contributed by atoms with Crippen LogP contribution in [0.3, 0.4) is 0 Å². The first kappa shape index (κ1) is 6.90. The lowest BCUT2D eigenvalue weighted by molar-refractivity contribution is 0.476. The number of H-pyrrole nitrogens is 1. The molecule has 0 saturated heterocycles. The fourth-order valence-electron chi connectivity index (χ4n) is 0.966. The Morgan fingerprint density at radius 3 is 3.09 bits per heavy atom. The van der Waals surface area contributed by atoms with Crippen LogP contribution in [-0.4, -0.2) is 15.1 Å². The summed E-state index contributed by atoms with van der Waals surface area (Å²) in [6.45, 7) is 0. The van der Waals surface area contributed by atoms with Gasteiger partial charge in [-0.15, -0.1) is 0 Å². The van der Waals surface area contributed by atoms with Crippen molar-refractivity contribution in [1.29, 1.82) is 0 Å². The van der Waals surface area contributed by atoms with E-state index in [1.165, 1.54) is 0 Å². The van der Waals surface area contributed by atoms with E-state index in [-0.39, 0.29) is 5.75 Å². The summed E-state index contributed by atoms with van der Waals surface area (Å²) in [5, 5.41) is 9.09. The normalized spacial score (nSPS) is 10.6. The third-order valence-electron chi connectivity index (χ3n) is 1.44. The van der Waals surface area contributed by atoms with Gasteiger partial charge in [0.05, 0.1) is 11.0 Å². The zero-order chi connectivity index (χ0) is 7.84. The molecule has 0 unspecified atom stereocenters. The molecule has 1 aromatic carbocycles. The van der Waals surface area contributed by atoms with E-state index in [4.69, 9.17) is 5.11 Å².